The summed E-state index contributed by atoms with van der Waals surface area (Å²) in [6, 6.07) is 37.1. The number of rotatable bonds is 19. The number of nitrogens with one attached hydrogen (secondary N) is 6. The highest BCUT2D eigenvalue weighted by molar-refractivity contribution is 5.87. The molecular formula is C52H59N7O7. The van der Waals surface area contributed by atoms with Crippen molar-refractivity contribution in [2.45, 2.75) is 103 Å². The highest BCUT2D eigenvalue weighted by atomic mass is 16.5. The topological polar surface area (TPSA) is 207 Å². The first-order valence-corrected chi connectivity index (χ1v) is 22.4. The third-order valence-electron chi connectivity index (χ3n) is 11.8. The number of aliphatic hydroxyl groups excluding tert-OH is 2. The lowest BCUT2D eigenvalue weighted by molar-refractivity contribution is -0.131. The van der Waals surface area contributed by atoms with Gasteiger partial charge in [-0.1, -0.05) is 142 Å². The van der Waals surface area contributed by atoms with Crippen LogP contribution in [-0.4, -0.2) is 74.3 Å². The third kappa shape index (κ3) is 12.7. The average molecular weight is 894 g/mol. The lowest BCUT2D eigenvalue weighted by Gasteiger charge is -2.35. The number of benzene rings is 5. The second kappa shape index (κ2) is 21.9. The van der Waals surface area contributed by atoms with Gasteiger partial charge in [0, 0.05) is 32.4 Å². The van der Waals surface area contributed by atoms with E-state index in [-0.39, 0.29) is 31.9 Å². The monoisotopic (exact) mass is 893 g/mol. The van der Waals surface area contributed by atoms with E-state index in [4.69, 9.17) is 4.74 Å². The zero-order chi connectivity index (χ0) is 46.6. The van der Waals surface area contributed by atoms with E-state index in [1.165, 1.54) is 0 Å². The highest BCUT2D eigenvalue weighted by Gasteiger charge is 2.40. The predicted octanol–water partition coefficient (Wildman–Crippen LogP) is 5.47. The van der Waals surface area contributed by atoms with Crippen molar-refractivity contribution in [2.24, 2.45) is 5.41 Å². The second-order valence-electron chi connectivity index (χ2n) is 17.9. The molecule has 0 radical (unpaired) electrons. The molecule has 0 saturated carbocycles. The smallest absolute Gasteiger partial charge is 0.408 e. The Kier molecular flexibility index (Phi) is 15.6. The number of imidazole rings is 1. The number of aromatic amines is 1. The van der Waals surface area contributed by atoms with Crippen LogP contribution in [0.1, 0.15) is 72.4 Å². The van der Waals surface area contributed by atoms with Gasteiger partial charge in [-0.3, -0.25) is 19.7 Å². The summed E-state index contributed by atoms with van der Waals surface area (Å²) < 4.78 is 5.47. The molecule has 1 aliphatic carbocycles. The van der Waals surface area contributed by atoms with Gasteiger partial charge in [-0.05, 0) is 57.3 Å². The minimum Gasteiger partial charge on any atom is -0.445 e. The van der Waals surface area contributed by atoms with E-state index in [1.807, 2.05) is 154 Å². The molecule has 0 saturated heterocycles. The van der Waals surface area contributed by atoms with Gasteiger partial charge in [0.2, 0.25) is 17.7 Å². The maximum atomic E-state index is 14.5. The first-order chi connectivity index (χ1) is 31.8. The molecule has 14 nitrogen and oxygen atoms in total. The van der Waals surface area contributed by atoms with Crippen molar-refractivity contribution in [2.75, 3.05) is 0 Å². The van der Waals surface area contributed by atoms with Gasteiger partial charge in [0.25, 0.3) is 0 Å². The summed E-state index contributed by atoms with van der Waals surface area (Å²) in [5.41, 5.74) is 5.95. The van der Waals surface area contributed by atoms with Gasteiger partial charge in [-0.25, -0.2) is 9.78 Å². The van der Waals surface area contributed by atoms with E-state index < -0.39 is 59.7 Å². The number of nitrogens with zero attached hydrogens (tertiary/aromatic N) is 1. The number of aryl methyl sites for hydroxylation is 1. The first-order valence-electron chi connectivity index (χ1n) is 22.4. The Morgan fingerprint density at radius 2 is 1.39 bits per heavy atom. The largest absolute Gasteiger partial charge is 0.445 e. The van der Waals surface area contributed by atoms with Crippen LogP contribution in [0.2, 0.25) is 0 Å². The molecule has 1 aromatic heterocycles. The van der Waals surface area contributed by atoms with Gasteiger partial charge in [0.05, 0.1) is 35.3 Å². The SMILES string of the molecule is CC(C)(C)[C@H](NC(=O)OCc1ccccc1)C(=O)N[C@@H](Cc1ccccc1)[C@@H](O)[C@@H](NCc1ccc(CNC(=O)CCc2nc3ccccc3[nH]2)cc1)C(=O)N[C@H]1c2ccccc2CC1O. The predicted molar refractivity (Wildman–Crippen MR) is 251 cm³/mol. The van der Waals surface area contributed by atoms with Crippen molar-refractivity contribution >= 4 is 34.8 Å². The number of fused-ring (bicyclic) bond motifs is 2. The zero-order valence-corrected chi connectivity index (χ0v) is 37.5. The third-order valence-corrected chi connectivity index (χ3v) is 11.8. The van der Waals surface area contributed by atoms with Gasteiger partial charge in [-0.15, -0.1) is 0 Å². The van der Waals surface area contributed by atoms with Crippen molar-refractivity contribution in [1.82, 2.24) is 36.6 Å². The van der Waals surface area contributed by atoms with E-state index in [1.54, 1.807) is 0 Å². The number of hydrogen-bond donors (Lipinski definition) is 8. The van der Waals surface area contributed by atoms with Crippen LogP contribution in [0.25, 0.3) is 11.0 Å². The van der Waals surface area contributed by atoms with E-state index in [0.717, 1.165) is 50.2 Å². The van der Waals surface area contributed by atoms with Crippen LogP contribution in [0.3, 0.4) is 0 Å². The molecule has 6 atom stereocenters. The zero-order valence-electron chi connectivity index (χ0n) is 37.5. The molecule has 1 heterocycles. The van der Waals surface area contributed by atoms with Gasteiger partial charge < -0.3 is 41.2 Å². The fourth-order valence-corrected chi connectivity index (χ4v) is 8.19. The number of aromatic nitrogens is 2. The van der Waals surface area contributed by atoms with Crippen LogP contribution >= 0.6 is 0 Å². The number of carbonyl (C=O) groups is 4. The number of carbonyl (C=O) groups excluding carboxylic acids is 4. The molecule has 66 heavy (non-hydrogen) atoms. The van der Waals surface area contributed by atoms with Crippen molar-refractivity contribution in [1.29, 1.82) is 0 Å². The Bertz CT molecular complexity index is 2530. The van der Waals surface area contributed by atoms with Crippen molar-refractivity contribution in [3.8, 4) is 0 Å². The number of hydrogen-bond acceptors (Lipinski definition) is 9. The van der Waals surface area contributed by atoms with Gasteiger partial charge in [0.1, 0.15) is 24.5 Å². The molecule has 5 aromatic carbocycles. The molecule has 0 bridgehead atoms. The normalized spacial score (nSPS) is 16.3. The number of ether oxygens (including phenoxy) is 1. The first kappa shape index (κ1) is 47.1. The summed E-state index contributed by atoms with van der Waals surface area (Å²) in [5, 5.41) is 38.4. The fraction of sp³-hybridized carbons (Fsp3) is 0.327. The van der Waals surface area contributed by atoms with Crippen molar-refractivity contribution in [3.05, 3.63) is 173 Å². The highest BCUT2D eigenvalue weighted by Crippen LogP contribution is 2.31. The fourth-order valence-electron chi connectivity index (χ4n) is 8.19. The van der Waals surface area contributed by atoms with Gasteiger partial charge >= 0.3 is 6.09 Å². The molecule has 4 amide bonds. The Balaban J connectivity index is 1.05. The molecule has 344 valence electrons. The van der Waals surface area contributed by atoms with Crippen molar-refractivity contribution in [3.63, 3.8) is 0 Å². The molecule has 0 spiro atoms. The summed E-state index contributed by atoms with van der Waals surface area (Å²) in [6.45, 7) is 5.90. The Morgan fingerprint density at radius 3 is 2.09 bits per heavy atom. The Morgan fingerprint density at radius 1 is 0.758 bits per heavy atom. The molecule has 0 aliphatic heterocycles. The second-order valence-corrected chi connectivity index (χ2v) is 17.9. The van der Waals surface area contributed by atoms with Crippen LogP contribution in [0.5, 0.6) is 0 Å². The standard InChI is InChI=1S/C52H59N7O7/c1-52(2,3)48(59-51(65)66-32-36-16-8-5-9-17-36)50(64)57-41(28-33-14-6-4-7-15-33)47(62)46(49(63)58-45-38-19-11-10-18-37(38)29-42(45)60)54-31-35-24-22-34(23-25-35)30-53-44(61)27-26-43-55-39-20-12-13-21-40(39)56-43/h4-25,41-42,45-48,54,60,62H,26-32H2,1-3H3,(H,53,61)(H,55,56)(H,57,64)(H,58,63)(H,59,65)/t41-,42?,45-,46+,47+,48+/m0/s1. The average Bonchev–Trinajstić information content (AvgIpc) is 3.88. The molecule has 7 rings (SSSR count). The Hall–Kier alpha value is -6.87. The van der Waals surface area contributed by atoms with Crippen LogP contribution in [0.15, 0.2) is 133 Å². The van der Waals surface area contributed by atoms with E-state index in [2.05, 4.69) is 36.6 Å². The summed E-state index contributed by atoms with van der Waals surface area (Å²) >= 11 is 0. The lowest BCUT2D eigenvalue weighted by atomic mass is 9.85. The molecular weight excluding hydrogens is 835 g/mol. The Labute approximate surface area is 385 Å². The van der Waals surface area contributed by atoms with E-state index in [0.29, 0.717) is 19.4 Å². The number of amides is 4. The summed E-state index contributed by atoms with van der Waals surface area (Å²) in [5.74, 6) is -0.506. The molecule has 1 unspecified atom stereocenters. The van der Waals surface area contributed by atoms with Crippen LogP contribution in [0, 0.1) is 5.41 Å². The van der Waals surface area contributed by atoms with Gasteiger partial charge in [0.15, 0.2) is 0 Å². The van der Waals surface area contributed by atoms with Crippen LogP contribution in [0.4, 0.5) is 4.79 Å². The minimum absolute atomic E-state index is 0.00756. The minimum atomic E-state index is -1.51. The van der Waals surface area contributed by atoms with Crippen LogP contribution in [-0.2, 0) is 58.1 Å². The maximum Gasteiger partial charge on any atom is 0.408 e. The molecule has 0 fully saturated rings. The van der Waals surface area contributed by atoms with Gasteiger partial charge in [-0.2, -0.15) is 0 Å². The van der Waals surface area contributed by atoms with E-state index in [9.17, 15) is 29.4 Å². The summed E-state index contributed by atoms with van der Waals surface area (Å²) in [4.78, 5) is 62.5. The lowest BCUT2D eigenvalue weighted by Crippen LogP contribution is -2.62. The quantitative estimate of drug-likeness (QED) is 0.0518. The summed E-state index contributed by atoms with van der Waals surface area (Å²) in [6.07, 6.45) is -1.93. The number of alkyl carbamates (subject to hydrolysis) is 1. The van der Waals surface area contributed by atoms with E-state index >= 15 is 0 Å². The molecule has 8 N–H and O–H groups in total. The maximum absolute atomic E-state index is 14.5. The van der Waals surface area contributed by atoms with Crippen LogP contribution < -0.4 is 26.6 Å². The summed E-state index contributed by atoms with van der Waals surface area (Å²) in [7, 11) is 0. The molecule has 1 aliphatic rings. The molecule has 6 aromatic rings. The number of para-hydroxylation sites is 2. The number of H-pyrrole nitrogens is 1. The molecule has 14 heteroatoms. The van der Waals surface area contributed by atoms with Crippen molar-refractivity contribution < 1.29 is 34.1 Å². The number of aliphatic hydroxyl groups is 2.